The fraction of sp³-hybridized carbons (Fsp3) is 0.286. The van der Waals surface area contributed by atoms with Crippen LogP contribution >= 0.6 is 0 Å². The zero-order valence-corrected chi connectivity index (χ0v) is 17.8. The largest absolute Gasteiger partial charge is 0.493 e. The molecule has 0 atom stereocenters. The minimum absolute atomic E-state index is 0.0267. The lowest BCUT2D eigenvalue weighted by molar-refractivity contribution is -0.131. The van der Waals surface area contributed by atoms with Gasteiger partial charge in [0, 0.05) is 11.8 Å². The van der Waals surface area contributed by atoms with Crippen molar-refractivity contribution in [1.82, 2.24) is 0 Å². The van der Waals surface area contributed by atoms with Gasteiger partial charge in [-0.3, -0.25) is 4.72 Å². The molecule has 0 spiro atoms. The molecule has 29 heavy (non-hydrogen) atoms. The van der Waals surface area contributed by atoms with Crippen molar-refractivity contribution in [3.63, 3.8) is 0 Å². The molecule has 0 bridgehead atoms. The fourth-order valence-corrected chi connectivity index (χ4v) is 3.94. The molecule has 0 aromatic heterocycles. The second kappa shape index (κ2) is 8.57. The van der Waals surface area contributed by atoms with Crippen molar-refractivity contribution >= 4 is 27.8 Å². The lowest BCUT2D eigenvalue weighted by Gasteiger charge is -2.19. The third-order valence-corrected chi connectivity index (χ3v) is 5.56. The Kier molecular flexibility index (Phi) is 6.58. The maximum absolute atomic E-state index is 13.0. The van der Waals surface area contributed by atoms with Crippen molar-refractivity contribution in [3.8, 4) is 11.5 Å². The van der Waals surface area contributed by atoms with Gasteiger partial charge in [-0.25, -0.2) is 13.2 Å². The van der Waals surface area contributed by atoms with E-state index in [0.29, 0.717) is 11.3 Å². The molecular formula is C21H25NO6S. The zero-order valence-electron chi connectivity index (χ0n) is 17.0. The smallest absolute Gasteiger partial charge is 0.328 e. The van der Waals surface area contributed by atoms with E-state index in [-0.39, 0.29) is 21.8 Å². The first-order chi connectivity index (χ1) is 13.5. The van der Waals surface area contributed by atoms with E-state index >= 15 is 0 Å². The minimum atomic E-state index is -4.03. The number of nitrogens with one attached hydrogen (secondary N) is 1. The van der Waals surface area contributed by atoms with Gasteiger partial charge in [0.1, 0.15) is 4.90 Å². The van der Waals surface area contributed by atoms with Crippen LogP contribution in [0.2, 0.25) is 0 Å². The van der Waals surface area contributed by atoms with Gasteiger partial charge in [-0.15, -0.1) is 0 Å². The number of hydrogen-bond donors (Lipinski definition) is 2. The predicted molar refractivity (Wildman–Crippen MR) is 112 cm³/mol. The van der Waals surface area contributed by atoms with Gasteiger partial charge >= 0.3 is 5.97 Å². The number of ether oxygens (including phenoxy) is 2. The lowest BCUT2D eigenvalue weighted by Crippen LogP contribution is -2.15. The number of sulfonamides is 1. The molecule has 0 amide bonds. The predicted octanol–water partition coefficient (Wildman–Crippen LogP) is 3.90. The van der Waals surface area contributed by atoms with Crippen molar-refractivity contribution in [1.29, 1.82) is 0 Å². The molecule has 0 aliphatic rings. The van der Waals surface area contributed by atoms with E-state index in [1.807, 2.05) is 12.1 Å². The molecule has 0 aliphatic heterocycles. The molecule has 2 N–H and O–H groups in total. The number of benzene rings is 2. The number of carboxylic acids is 1. The normalized spacial score (nSPS) is 12.0. The summed E-state index contributed by atoms with van der Waals surface area (Å²) < 4.78 is 39.1. The molecule has 2 aromatic rings. The number of aliphatic carboxylic acids is 1. The Labute approximate surface area is 171 Å². The van der Waals surface area contributed by atoms with E-state index < -0.39 is 16.0 Å². The van der Waals surface area contributed by atoms with Crippen LogP contribution in [0, 0.1) is 0 Å². The summed E-state index contributed by atoms with van der Waals surface area (Å²) in [4.78, 5) is 10.6. The van der Waals surface area contributed by atoms with Crippen LogP contribution in [0.5, 0.6) is 11.5 Å². The second-order valence-electron chi connectivity index (χ2n) is 7.36. The van der Waals surface area contributed by atoms with E-state index in [1.54, 1.807) is 12.1 Å². The van der Waals surface area contributed by atoms with Gasteiger partial charge in [0.05, 0.1) is 14.2 Å². The summed E-state index contributed by atoms with van der Waals surface area (Å²) in [7, 11) is -1.33. The molecule has 0 saturated heterocycles. The number of carbonyl (C=O) groups is 1. The third kappa shape index (κ3) is 5.51. The van der Waals surface area contributed by atoms with Crippen LogP contribution in [-0.4, -0.2) is 33.7 Å². The van der Waals surface area contributed by atoms with Gasteiger partial charge in [-0.1, -0.05) is 32.9 Å². The Balaban J connectivity index is 2.49. The molecule has 156 valence electrons. The Bertz CT molecular complexity index is 1020. The maximum Gasteiger partial charge on any atom is 0.328 e. The number of rotatable bonds is 7. The number of hydrogen-bond acceptors (Lipinski definition) is 5. The van der Waals surface area contributed by atoms with E-state index in [0.717, 1.165) is 11.6 Å². The average molecular weight is 419 g/mol. The summed E-state index contributed by atoms with van der Waals surface area (Å²) >= 11 is 0. The fourth-order valence-electron chi connectivity index (χ4n) is 2.66. The molecule has 2 aromatic carbocycles. The first kappa shape index (κ1) is 22.3. The molecule has 0 saturated carbocycles. The molecule has 0 heterocycles. The first-order valence-electron chi connectivity index (χ1n) is 8.78. The summed E-state index contributed by atoms with van der Waals surface area (Å²) in [6.07, 6.45) is 2.19. The summed E-state index contributed by atoms with van der Waals surface area (Å²) in [5, 5.41) is 8.83. The second-order valence-corrected chi connectivity index (χ2v) is 9.01. The van der Waals surface area contributed by atoms with Gasteiger partial charge in [0.15, 0.2) is 11.5 Å². The van der Waals surface area contributed by atoms with E-state index in [1.165, 1.54) is 32.4 Å². The van der Waals surface area contributed by atoms with Gasteiger partial charge in [0.2, 0.25) is 0 Å². The van der Waals surface area contributed by atoms with Crippen LogP contribution in [0.3, 0.4) is 0 Å². The molecule has 2 rings (SSSR count). The number of methoxy groups -OCH3 is 2. The summed E-state index contributed by atoms with van der Waals surface area (Å²) in [5.41, 5.74) is 1.75. The molecule has 0 aliphatic carbocycles. The third-order valence-electron chi connectivity index (χ3n) is 4.18. The lowest BCUT2D eigenvalue weighted by atomic mass is 9.87. The van der Waals surface area contributed by atoms with Crippen LogP contribution in [-0.2, 0) is 20.2 Å². The standard InChI is InChI=1S/C21H25NO6S/c1-21(2,3)15-7-9-16(10-8-15)22-29(25,26)18-13-14(6-11-19(23)24)12-17(27-4)20(18)28-5/h6-13,22H,1-5H3,(H,23,24)/b11-6+. The van der Waals surface area contributed by atoms with Crippen LogP contribution in [0.4, 0.5) is 5.69 Å². The number of carboxylic acid groups (broad SMARTS) is 1. The zero-order chi connectivity index (χ0) is 21.8. The maximum atomic E-state index is 13.0. The van der Waals surface area contributed by atoms with Crippen molar-refractivity contribution in [2.45, 2.75) is 31.1 Å². The average Bonchev–Trinajstić information content (AvgIpc) is 2.64. The van der Waals surface area contributed by atoms with Crippen molar-refractivity contribution < 1.29 is 27.8 Å². The summed E-state index contributed by atoms with van der Waals surface area (Å²) in [6, 6.07) is 9.93. The van der Waals surface area contributed by atoms with E-state index in [2.05, 4.69) is 25.5 Å². The minimum Gasteiger partial charge on any atom is -0.493 e. The quantitative estimate of drug-likeness (QED) is 0.660. The van der Waals surface area contributed by atoms with E-state index in [4.69, 9.17) is 14.6 Å². The highest BCUT2D eigenvalue weighted by Crippen LogP contribution is 2.37. The molecule has 7 nitrogen and oxygen atoms in total. The summed E-state index contributed by atoms with van der Waals surface area (Å²) in [6.45, 7) is 6.21. The Morgan fingerprint density at radius 1 is 1.07 bits per heavy atom. The number of anilines is 1. The molecule has 0 fully saturated rings. The Hall–Kier alpha value is -3.00. The van der Waals surface area contributed by atoms with Crippen molar-refractivity contribution in [2.24, 2.45) is 0 Å². The van der Waals surface area contributed by atoms with Crippen LogP contribution in [0.1, 0.15) is 31.9 Å². The SMILES string of the molecule is COc1cc(/C=C/C(=O)O)cc(S(=O)(=O)Nc2ccc(C(C)(C)C)cc2)c1OC. The van der Waals surface area contributed by atoms with Crippen molar-refractivity contribution in [3.05, 3.63) is 53.6 Å². The molecule has 0 radical (unpaired) electrons. The Morgan fingerprint density at radius 3 is 2.17 bits per heavy atom. The van der Waals surface area contributed by atoms with Crippen LogP contribution in [0.15, 0.2) is 47.4 Å². The molecule has 0 unspecified atom stereocenters. The van der Waals surface area contributed by atoms with Crippen LogP contribution in [0.25, 0.3) is 6.08 Å². The topological polar surface area (TPSA) is 102 Å². The highest BCUT2D eigenvalue weighted by molar-refractivity contribution is 7.92. The van der Waals surface area contributed by atoms with Crippen molar-refractivity contribution in [2.75, 3.05) is 18.9 Å². The monoisotopic (exact) mass is 419 g/mol. The van der Waals surface area contributed by atoms with Gasteiger partial charge in [0.25, 0.3) is 10.0 Å². The summed E-state index contributed by atoms with van der Waals surface area (Å²) in [5.74, 6) is -0.955. The van der Waals surface area contributed by atoms with Crippen LogP contribution < -0.4 is 14.2 Å². The highest BCUT2D eigenvalue weighted by atomic mass is 32.2. The molecule has 8 heteroatoms. The first-order valence-corrected chi connectivity index (χ1v) is 10.3. The van der Waals surface area contributed by atoms with Gasteiger partial charge < -0.3 is 14.6 Å². The highest BCUT2D eigenvalue weighted by Gasteiger charge is 2.24. The van der Waals surface area contributed by atoms with Gasteiger partial charge in [-0.05, 0) is 46.9 Å². The van der Waals surface area contributed by atoms with E-state index in [9.17, 15) is 13.2 Å². The molecular weight excluding hydrogens is 394 g/mol. The Morgan fingerprint density at radius 2 is 1.69 bits per heavy atom. The van der Waals surface area contributed by atoms with Gasteiger partial charge in [-0.2, -0.15) is 0 Å².